The third-order valence-corrected chi connectivity index (χ3v) is 2.41. The molecule has 0 spiro atoms. The summed E-state index contributed by atoms with van der Waals surface area (Å²) in [5, 5.41) is 0.784. The predicted molar refractivity (Wildman–Crippen MR) is 55.2 cm³/mol. The minimum atomic E-state index is 0.229. The van der Waals surface area contributed by atoms with E-state index in [0.29, 0.717) is 6.42 Å². The van der Waals surface area contributed by atoms with Gasteiger partial charge in [0.1, 0.15) is 5.78 Å². The van der Waals surface area contributed by atoms with Gasteiger partial charge in [0.25, 0.3) is 0 Å². The van der Waals surface area contributed by atoms with E-state index in [1.807, 2.05) is 25.1 Å². The lowest BCUT2D eigenvalue weighted by molar-refractivity contribution is -0.116. The maximum atomic E-state index is 10.7. The first-order valence-electron chi connectivity index (χ1n) is 4.34. The van der Waals surface area contributed by atoms with Gasteiger partial charge in [-0.1, -0.05) is 23.7 Å². The number of rotatable bonds is 3. The van der Waals surface area contributed by atoms with Gasteiger partial charge in [-0.2, -0.15) is 0 Å². The molecule has 0 radical (unpaired) electrons. The van der Waals surface area contributed by atoms with Crippen molar-refractivity contribution in [3.05, 3.63) is 34.3 Å². The lowest BCUT2D eigenvalue weighted by Crippen LogP contribution is -1.94. The molecule has 13 heavy (non-hydrogen) atoms. The van der Waals surface area contributed by atoms with Gasteiger partial charge in [-0.3, -0.25) is 0 Å². The molecule has 0 heterocycles. The molecule has 0 saturated carbocycles. The van der Waals surface area contributed by atoms with Crippen molar-refractivity contribution in [1.29, 1.82) is 0 Å². The highest BCUT2D eigenvalue weighted by molar-refractivity contribution is 6.31. The van der Waals surface area contributed by atoms with Gasteiger partial charge in [-0.25, -0.2) is 0 Å². The van der Waals surface area contributed by atoms with Crippen LogP contribution in [0, 0.1) is 6.92 Å². The molecule has 0 aromatic heterocycles. The Morgan fingerprint density at radius 1 is 1.46 bits per heavy atom. The molecule has 0 bridgehead atoms. The minimum Gasteiger partial charge on any atom is -0.300 e. The first kappa shape index (κ1) is 10.3. The molecule has 0 fully saturated rings. The zero-order chi connectivity index (χ0) is 9.84. The Kier molecular flexibility index (Phi) is 3.49. The Labute approximate surface area is 83.7 Å². The van der Waals surface area contributed by atoms with Crippen LogP contribution in [0.3, 0.4) is 0 Å². The van der Waals surface area contributed by atoms with Crippen molar-refractivity contribution < 1.29 is 4.79 Å². The molecule has 70 valence electrons. The molecule has 1 rings (SSSR count). The number of ketones is 1. The Balaban J connectivity index is 2.68. The zero-order valence-electron chi connectivity index (χ0n) is 7.93. The molecule has 1 aromatic rings. The molecule has 1 nitrogen and oxygen atoms in total. The number of benzene rings is 1. The van der Waals surface area contributed by atoms with Crippen molar-refractivity contribution in [2.45, 2.75) is 26.7 Å². The summed E-state index contributed by atoms with van der Waals surface area (Å²) in [5.41, 5.74) is 2.25. The number of carbonyl (C=O) groups is 1. The van der Waals surface area contributed by atoms with E-state index in [1.165, 1.54) is 5.56 Å². The molecule has 0 saturated heterocycles. The highest BCUT2D eigenvalue weighted by atomic mass is 35.5. The van der Waals surface area contributed by atoms with Crippen LogP contribution in [0.5, 0.6) is 0 Å². The topological polar surface area (TPSA) is 17.1 Å². The molecule has 0 aliphatic carbocycles. The van der Waals surface area contributed by atoms with Gasteiger partial charge in [0.05, 0.1) is 0 Å². The normalized spacial score (nSPS) is 10.1. The Morgan fingerprint density at radius 3 is 2.69 bits per heavy atom. The largest absolute Gasteiger partial charge is 0.300 e. The van der Waals surface area contributed by atoms with Gasteiger partial charge < -0.3 is 4.79 Å². The SMILES string of the molecule is CC(=O)CCc1ccc(Cl)c(C)c1. The summed E-state index contributed by atoms with van der Waals surface area (Å²) >= 11 is 5.88. The summed E-state index contributed by atoms with van der Waals surface area (Å²) in [4.78, 5) is 10.7. The quantitative estimate of drug-likeness (QED) is 0.726. The van der Waals surface area contributed by atoms with E-state index in [-0.39, 0.29) is 5.78 Å². The fraction of sp³-hybridized carbons (Fsp3) is 0.364. The average Bonchev–Trinajstić information content (AvgIpc) is 2.07. The van der Waals surface area contributed by atoms with Crippen LogP contribution in [-0.2, 0) is 11.2 Å². The van der Waals surface area contributed by atoms with Crippen LogP contribution < -0.4 is 0 Å². The van der Waals surface area contributed by atoms with Gasteiger partial charge >= 0.3 is 0 Å². The molecule has 2 heteroatoms. The Bertz CT molecular complexity index is 318. The van der Waals surface area contributed by atoms with Gasteiger partial charge in [-0.05, 0) is 37.5 Å². The maximum Gasteiger partial charge on any atom is 0.130 e. The van der Waals surface area contributed by atoms with E-state index in [2.05, 4.69) is 0 Å². The summed E-state index contributed by atoms with van der Waals surface area (Å²) in [6.45, 7) is 3.59. The van der Waals surface area contributed by atoms with E-state index in [9.17, 15) is 4.79 Å². The predicted octanol–water partition coefficient (Wildman–Crippen LogP) is 3.17. The molecule has 0 aliphatic heterocycles. The first-order valence-corrected chi connectivity index (χ1v) is 4.72. The lowest BCUT2D eigenvalue weighted by atomic mass is 10.1. The van der Waals surface area contributed by atoms with Crippen molar-refractivity contribution in [2.75, 3.05) is 0 Å². The third kappa shape index (κ3) is 3.19. The van der Waals surface area contributed by atoms with Crippen molar-refractivity contribution >= 4 is 17.4 Å². The van der Waals surface area contributed by atoms with Crippen LogP contribution in [0.25, 0.3) is 0 Å². The Morgan fingerprint density at radius 2 is 2.15 bits per heavy atom. The number of Topliss-reactive ketones (excluding diaryl/α,β-unsaturated/α-hetero) is 1. The van der Waals surface area contributed by atoms with E-state index >= 15 is 0 Å². The van der Waals surface area contributed by atoms with Crippen molar-refractivity contribution in [1.82, 2.24) is 0 Å². The summed E-state index contributed by atoms with van der Waals surface area (Å²) in [5.74, 6) is 0.229. The lowest BCUT2D eigenvalue weighted by Gasteiger charge is -2.02. The molecule has 0 N–H and O–H groups in total. The number of carbonyl (C=O) groups excluding carboxylic acids is 1. The van der Waals surface area contributed by atoms with E-state index < -0.39 is 0 Å². The molecule has 0 atom stereocenters. The van der Waals surface area contributed by atoms with Crippen LogP contribution in [0.4, 0.5) is 0 Å². The van der Waals surface area contributed by atoms with Crippen molar-refractivity contribution in [3.8, 4) is 0 Å². The third-order valence-electron chi connectivity index (χ3n) is 1.99. The molecule has 0 aliphatic rings. The number of aryl methyl sites for hydroxylation is 2. The smallest absolute Gasteiger partial charge is 0.130 e. The van der Waals surface area contributed by atoms with Crippen LogP contribution in [-0.4, -0.2) is 5.78 Å². The van der Waals surface area contributed by atoms with E-state index in [1.54, 1.807) is 6.92 Å². The van der Waals surface area contributed by atoms with Gasteiger partial charge in [-0.15, -0.1) is 0 Å². The van der Waals surface area contributed by atoms with Crippen LogP contribution >= 0.6 is 11.6 Å². The summed E-state index contributed by atoms with van der Waals surface area (Å²) < 4.78 is 0. The summed E-state index contributed by atoms with van der Waals surface area (Å²) in [7, 11) is 0. The van der Waals surface area contributed by atoms with Crippen LogP contribution in [0.2, 0.25) is 5.02 Å². The Hall–Kier alpha value is -0.820. The number of hydrogen-bond acceptors (Lipinski definition) is 1. The van der Waals surface area contributed by atoms with Crippen LogP contribution in [0.15, 0.2) is 18.2 Å². The van der Waals surface area contributed by atoms with Crippen molar-refractivity contribution in [3.63, 3.8) is 0 Å². The fourth-order valence-electron chi connectivity index (χ4n) is 1.18. The second-order valence-corrected chi connectivity index (χ2v) is 3.69. The summed E-state index contributed by atoms with van der Waals surface area (Å²) in [6.07, 6.45) is 1.43. The number of halogens is 1. The highest BCUT2D eigenvalue weighted by Crippen LogP contribution is 2.17. The van der Waals surface area contributed by atoms with E-state index in [0.717, 1.165) is 17.0 Å². The molecule has 0 amide bonds. The highest BCUT2D eigenvalue weighted by Gasteiger charge is 1.99. The first-order chi connectivity index (χ1) is 6.09. The zero-order valence-corrected chi connectivity index (χ0v) is 8.69. The van der Waals surface area contributed by atoms with E-state index in [4.69, 9.17) is 11.6 Å². The molecular formula is C11H13ClO. The van der Waals surface area contributed by atoms with Gasteiger partial charge in [0.2, 0.25) is 0 Å². The second-order valence-electron chi connectivity index (χ2n) is 3.29. The second kappa shape index (κ2) is 4.43. The standard InChI is InChI=1S/C11H13ClO/c1-8-7-10(4-3-9(2)13)5-6-11(8)12/h5-7H,3-4H2,1-2H3. The number of hydrogen-bond donors (Lipinski definition) is 0. The average molecular weight is 197 g/mol. The van der Waals surface area contributed by atoms with Gasteiger partial charge in [0, 0.05) is 11.4 Å². The van der Waals surface area contributed by atoms with Gasteiger partial charge in [0.15, 0.2) is 0 Å². The van der Waals surface area contributed by atoms with Crippen molar-refractivity contribution in [2.24, 2.45) is 0 Å². The molecule has 0 unspecified atom stereocenters. The monoisotopic (exact) mass is 196 g/mol. The summed E-state index contributed by atoms with van der Waals surface area (Å²) in [6, 6.07) is 5.88. The molecular weight excluding hydrogens is 184 g/mol. The van der Waals surface area contributed by atoms with Crippen LogP contribution in [0.1, 0.15) is 24.5 Å². The molecule has 1 aromatic carbocycles. The fourth-order valence-corrected chi connectivity index (χ4v) is 1.30. The minimum absolute atomic E-state index is 0.229. The maximum absolute atomic E-state index is 10.7.